The van der Waals surface area contributed by atoms with E-state index in [2.05, 4.69) is 39.8 Å². The monoisotopic (exact) mass is 289 g/mol. The second kappa shape index (κ2) is 7.42. The number of ether oxygens (including phenoxy) is 1. The molecule has 2 unspecified atom stereocenters. The average molecular weight is 289 g/mol. The molecule has 1 aliphatic carbocycles. The molecule has 0 aliphatic heterocycles. The molecule has 1 aliphatic rings. The van der Waals surface area contributed by atoms with Gasteiger partial charge in [0.1, 0.15) is 0 Å². The topological polar surface area (TPSA) is 35.2 Å². The molecule has 1 aromatic carbocycles. The molecule has 0 heterocycles. The fourth-order valence-corrected chi connectivity index (χ4v) is 3.71. The van der Waals surface area contributed by atoms with E-state index in [0.717, 1.165) is 6.61 Å². The number of aryl methyl sites for hydroxylation is 3. The van der Waals surface area contributed by atoms with E-state index < -0.39 is 0 Å². The van der Waals surface area contributed by atoms with Gasteiger partial charge in [-0.05, 0) is 68.7 Å². The molecule has 2 heteroatoms. The van der Waals surface area contributed by atoms with E-state index >= 15 is 0 Å². The lowest BCUT2D eigenvalue weighted by Crippen LogP contribution is -2.37. The van der Waals surface area contributed by atoms with Gasteiger partial charge in [-0.25, -0.2) is 0 Å². The fourth-order valence-electron chi connectivity index (χ4n) is 3.71. The van der Waals surface area contributed by atoms with Gasteiger partial charge in [-0.3, -0.25) is 0 Å². The van der Waals surface area contributed by atoms with E-state index in [1.165, 1.54) is 54.4 Å². The fraction of sp³-hybridized carbons (Fsp3) is 0.684. The van der Waals surface area contributed by atoms with Gasteiger partial charge >= 0.3 is 0 Å². The highest BCUT2D eigenvalue weighted by molar-refractivity contribution is 5.38. The van der Waals surface area contributed by atoms with Crippen LogP contribution in [0.25, 0.3) is 0 Å². The van der Waals surface area contributed by atoms with Crippen molar-refractivity contribution in [2.75, 3.05) is 6.61 Å². The van der Waals surface area contributed by atoms with Crippen LogP contribution in [0.3, 0.4) is 0 Å². The molecule has 0 radical (unpaired) electrons. The first-order chi connectivity index (χ1) is 10.0. The van der Waals surface area contributed by atoms with Gasteiger partial charge in [0.25, 0.3) is 0 Å². The van der Waals surface area contributed by atoms with Crippen LogP contribution < -0.4 is 5.73 Å². The molecular weight excluding hydrogens is 258 g/mol. The van der Waals surface area contributed by atoms with Crippen molar-refractivity contribution in [3.63, 3.8) is 0 Å². The third-order valence-corrected chi connectivity index (χ3v) is 5.07. The van der Waals surface area contributed by atoms with Crippen molar-refractivity contribution in [2.24, 2.45) is 11.7 Å². The normalized spacial score (nSPS) is 19.5. The van der Waals surface area contributed by atoms with Crippen molar-refractivity contribution in [1.29, 1.82) is 0 Å². The first kappa shape index (κ1) is 16.5. The highest BCUT2D eigenvalue weighted by Crippen LogP contribution is 2.34. The van der Waals surface area contributed by atoms with Crippen LogP contribution in [-0.2, 0) is 4.74 Å². The lowest BCUT2D eigenvalue weighted by molar-refractivity contribution is -0.00998. The number of nitrogens with two attached hydrogens (primary N) is 1. The van der Waals surface area contributed by atoms with E-state index in [-0.39, 0.29) is 12.1 Å². The quantitative estimate of drug-likeness (QED) is 0.860. The lowest BCUT2D eigenvalue weighted by atomic mass is 9.80. The van der Waals surface area contributed by atoms with Crippen molar-refractivity contribution in [3.8, 4) is 0 Å². The smallest absolute Gasteiger partial charge is 0.0795 e. The third-order valence-electron chi connectivity index (χ3n) is 5.07. The Kier molecular flexibility index (Phi) is 5.83. The van der Waals surface area contributed by atoms with Gasteiger partial charge in [0.2, 0.25) is 0 Å². The van der Waals surface area contributed by atoms with Crippen molar-refractivity contribution < 1.29 is 4.74 Å². The molecule has 1 saturated carbocycles. The number of hydrogen-bond donors (Lipinski definition) is 1. The van der Waals surface area contributed by atoms with Crippen molar-refractivity contribution in [3.05, 3.63) is 34.4 Å². The molecule has 2 nitrogen and oxygen atoms in total. The summed E-state index contributed by atoms with van der Waals surface area (Å²) >= 11 is 0. The minimum absolute atomic E-state index is 0.00708. The number of hydrogen-bond acceptors (Lipinski definition) is 2. The zero-order valence-electron chi connectivity index (χ0n) is 14.1. The highest BCUT2D eigenvalue weighted by Gasteiger charge is 2.30. The lowest BCUT2D eigenvalue weighted by Gasteiger charge is -2.34. The minimum atomic E-state index is -0.00708. The molecule has 21 heavy (non-hydrogen) atoms. The Morgan fingerprint density at radius 1 is 1.05 bits per heavy atom. The molecule has 1 fully saturated rings. The van der Waals surface area contributed by atoms with Gasteiger partial charge in [-0.15, -0.1) is 0 Å². The average Bonchev–Trinajstić information content (AvgIpc) is 2.49. The van der Waals surface area contributed by atoms with Gasteiger partial charge in [-0.2, -0.15) is 0 Å². The predicted molar refractivity (Wildman–Crippen MR) is 89.6 cm³/mol. The zero-order chi connectivity index (χ0) is 15.4. The second-order valence-electron chi connectivity index (χ2n) is 6.64. The third kappa shape index (κ3) is 3.87. The minimum Gasteiger partial charge on any atom is -0.376 e. The first-order valence-electron chi connectivity index (χ1n) is 8.49. The highest BCUT2D eigenvalue weighted by atomic mass is 16.5. The molecule has 0 saturated heterocycles. The molecule has 2 atom stereocenters. The summed E-state index contributed by atoms with van der Waals surface area (Å²) in [6.45, 7) is 9.33. The number of rotatable bonds is 5. The maximum Gasteiger partial charge on any atom is 0.0795 e. The number of benzene rings is 1. The van der Waals surface area contributed by atoms with E-state index in [4.69, 9.17) is 10.5 Å². The summed E-state index contributed by atoms with van der Waals surface area (Å²) in [6, 6.07) is 4.52. The van der Waals surface area contributed by atoms with E-state index in [1.54, 1.807) is 0 Å². The van der Waals surface area contributed by atoms with Crippen LogP contribution in [0.5, 0.6) is 0 Å². The molecule has 0 amide bonds. The Bertz CT molecular complexity index is 463. The molecule has 2 N–H and O–H groups in total. The van der Waals surface area contributed by atoms with Crippen LogP contribution in [0.4, 0.5) is 0 Å². The second-order valence-corrected chi connectivity index (χ2v) is 6.64. The van der Waals surface area contributed by atoms with E-state index in [1.807, 2.05) is 0 Å². The molecule has 2 rings (SSSR count). The Balaban J connectivity index is 2.24. The molecule has 118 valence electrons. The van der Waals surface area contributed by atoms with Gasteiger partial charge in [0.15, 0.2) is 0 Å². The maximum absolute atomic E-state index is 6.65. The van der Waals surface area contributed by atoms with E-state index in [0.29, 0.717) is 5.92 Å². The molecular formula is C19H31NO. The Hall–Kier alpha value is -0.860. The Labute approximate surface area is 130 Å². The van der Waals surface area contributed by atoms with Gasteiger partial charge < -0.3 is 10.5 Å². The standard InChI is InChI=1S/C19H31NO/c1-5-21-19(16-9-7-6-8-10-16)18(20)17-12-14(3)13(2)11-15(17)4/h11-12,16,18-19H,5-10,20H2,1-4H3. The van der Waals surface area contributed by atoms with Crippen LogP contribution >= 0.6 is 0 Å². The van der Waals surface area contributed by atoms with Gasteiger partial charge in [0.05, 0.1) is 12.1 Å². The summed E-state index contributed by atoms with van der Waals surface area (Å²) in [5.41, 5.74) is 11.9. The summed E-state index contributed by atoms with van der Waals surface area (Å²) in [5, 5.41) is 0. The van der Waals surface area contributed by atoms with Crippen molar-refractivity contribution in [2.45, 2.75) is 71.9 Å². The largest absolute Gasteiger partial charge is 0.376 e. The maximum atomic E-state index is 6.65. The molecule has 0 spiro atoms. The Morgan fingerprint density at radius 2 is 1.67 bits per heavy atom. The summed E-state index contributed by atoms with van der Waals surface area (Å²) < 4.78 is 6.10. The predicted octanol–water partition coefficient (Wildman–Crippen LogP) is 4.60. The molecule has 1 aromatic rings. The summed E-state index contributed by atoms with van der Waals surface area (Å²) in [7, 11) is 0. The van der Waals surface area contributed by atoms with E-state index in [9.17, 15) is 0 Å². The molecule has 0 bridgehead atoms. The Morgan fingerprint density at radius 3 is 2.29 bits per heavy atom. The first-order valence-corrected chi connectivity index (χ1v) is 8.49. The zero-order valence-corrected chi connectivity index (χ0v) is 14.1. The summed E-state index contributed by atoms with van der Waals surface area (Å²) in [5.74, 6) is 0.620. The summed E-state index contributed by atoms with van der Waals surface area (Å²) in [4.78, 5) is 0. The van der Waals surface area contributed by atoms with Gasteiger partial charge in [-0.1, -0.05) is 31.4 Å². The SMILES string of the molecule is CCOC(C1CCCCC1)C(N)c1cc(C)c(C)cc1C. The van der Waals surface area contributed by atoms with Gasteiger partial charge in [0, 0.05) is 6.61 Å². The molecule has 0 aromatic heterocycles. The van der Waals surface area contributed by atoms with Crippen LogP contribution in [0.15, 0.2) is 12.1 Å². The van der Waals surface area contributed by atoms with Crippen LogP contribution in [0.2, 0.25) is 0 Å². The summed E-state index contributed by atoms with van der Waals surface area (Å²) in [6.07, 6.45) is 6.72. The van der Waals surface area contributed by atoms with Crippen molar-refractivity contribution in [1.82, 2.24) is 0 Å². The van der Waals surface area contributed by atoms with Crippen molar-refractivity contribution >= 4 is 0 Å². The van der Waals surface area contributed by atoms with Crippen LogP contribution in [0.1, 0.15) is 67.3 Å². The van der Waals surface area contributed by atoms with Crippen LogP contribution in [0, 0.1) is 26.7 Å². The van der Waals surface area contributed by atoms with Crippen LogP contribution in [-0.4, -0.2) is 12.7 Å².